The molecule has 0 fully saturated rings. The maximum atomic E-state index is 12.7. The molecular formula is C20H16ClN5O3. The number of benzene rings is 2. The van der Waals surface area contributed by atoms with Gasteiger partial charge in [-0.15, -0.1) is 5.10 Å². The Labute approximate surface area is 171 Å². The van der Waals surface area contributed by atoms with Gasteiger partial charge in [0.2, 0.25) is 0 Å². The number of hydrogen-bond donors (Lipinski definition) is 1. The van der Waals surface area contributed by atoms with E-state index in [0.29, 0.717) is 38.9 Å². The Morgan fingerprint density at radius 2 is 1.83 bits per heavy atom. The van der Waals surface area contributed by atoms with Crippen LogP contribution in [0.5, 0.6) is 11.5 Å². The first-order valence-corrected chi connectivity index (χ1v) is 8.98. The molecule has 9 heteroatoms. The van der Waals surface area contributed by atoms with Gasteiger partial charge < -0.3 is 14.8 Å². The van der Waals surface area contributed by atoms with Crippen molar-refractivity contribution >= 4 is 34.4 Å². The zero-order valence-corrected chi connectivity index (χ0v) is 16.3. The molecule has 2 aromatic carbocycles. The molecule has 4 aromatic rings. The maximum absolute atomic E-state index is 12.7. The lowest BCUT2D eigenvalue weighted by molar-refractivity contribution is 0.102. The van der Waals surface area contributed by atoms with Gasteiger partial charge in [-0.3, -0.25) is 4.79 Å². The first kappa shape index (κ1) is 18.7. The van der Waals surface area contributed by atoms with Crippen LogP contribution in [0.3, 0.4) is 0 Å². The van der Waals surface area contributed by atoms with Crippen LogP contribution < -0.4 is 14.8 Å². The van der Waals surface area contributed by atoms with Crippen molar-refractivity contribution in [3.05, 3.63) is 65.3 Å². The lowest BCUT2D eigenvalue weighted by atomic mass is 10.2. The number of hydrogen-bond acceptors (Lipinski definition) is 6. The van der Waals surface area contributed by atoms with Crippen molar-refractivity contribution in [1.82, 2.24) is 20.0 Å². The van der Waals surface area contributed by atoms with Crippen molar-refractivity contribution in [2.24, 2.45) is 0 Å². The van der Waals surface area contributed by atoms with E-state index in [4.69, 9.17) is 21.1 Å². The number of carbonyl (C=O) groups excluding carboxylic acids is 1. The van der Waals surface area contributed by atoms with Crippen LogP contribution in [-0.4, -0.2) is 40.1 Å². The lowest BCUT2D eigenvalue weighted by Gasteiger charge is -2.13. The molecule has 0 bridgehead atoms. The van der Waals surface area contributed by atoms with E-state index in [1.165, 1.54) is 14.2 Å². The van der Waals surface area contributed by atoms with Gasteiger partial charge in [0.25, 0.3) is 5.91 Å². The van der Waals surface area contributed by atoms with Crippen LogP contribution in [0, 0.1) is 0 Å². The number of pyridine rings is 1. The molecule has 0 saturated carbocycles. The summed E-state index contributed by atoms with van der Waals surface area (Å²) < 4.78 is 12.1. The van der Waals surface area contributed by atoms with Gasteiger partial charge >= 0.3 is 0 Å². The summed E-state index contributed by atoms with van der Waals surface area (Å²) in [5.41, 5.74) is 2.98. The Balaban J connectivity index is 1.58. The highest BCUT2D eigenvalue weighted by Crippen LogP contribution is 2.36. The fourth-order valence-corrected chi connectivity index (χ4v) is 3.09. The van der Waals surface area contributed by atoms with Gasteiger partial charge in [-0.1, -0.05) is 16.8 Å². The third kappa shape index (κ3) is 3.57. The highest BCUT2D eigenvalue weighted by molar-refractivity contribution is 6.32. The van der Waals surface area contributed by atoms with E-state index in [1.807, 2.05) is 6.07 Å². The molecule has 1 amide bonds. The Morgan fingerprint density at radius 1 is 1.07 bits per heavy atom. The minimum Gasteiger partial charge on any atom is -0.495 e. The SMILES string of the molecule is COc1cc(OC)c(NC(=O)c2ccc(-n3nnc4cccnc43)cc2)cc1Cl. The molecule has 0 atom stereocenters. The van der Waals surface area contributed by atoms with E-state index in [9.17, 15) is 4.79 Å². The average Bonchev–Trinajstić information content (AvgIpc) is 3.18. The second-order valence-corrected chi connectivity index (χ2v) is 6.44. The first-order chi connectivity index (χ1) is 14.1. The summed E-state index contributed by atoms with van der Waals surface area (Å²) in [4.78, 5) is 17.0. The van der Waals surface area contributed by atoms with Gasteiger partial charge in [0, 0.05) is 17.8 Å². The van der Waals surface area contributed by atoms with Gasteiger partial charge in [0.15, 0.2) is 5.65 Å². The number of nitrogens with one attached hydrogen (secondary N) is 1. The van der Waals surface area contributed by atoms with E-state index in [2.05, 4.69) is 20.6 Å². The largest absolute Gasteiger partial charge is 0.495 e. The zero-order chi connectivity index (χ0) is 20.4. The Morgan fingerprint density at radius 3 is 2.55 bits per heavy atom. The molecule has 0 unspecified atom stereocenters. The Kier molecular flexibility index (Phi) is 5.01. The summed E-state index contributed by atoms with van der Waals surface area (Å²) in [6, 6.07) is 13.8. The van der Waals surface area contributed by atoms with Gasteiger partial charge in [-0.05, 0) is 42.5 Å². The number of anilines is 1. The zero-order valence-electron chi connectivity index (χ0n) is 15.6. The van der Waals surface area contributed by atoms with Crippen molar-refractivity contribution in [3.63, 3.8) is 0 Å². The molecule has 0 aliphatic carbocycles. The number of halogens is 1. The lowest BCUT2D eigenvalue weighted by Crippen LogP contribution is -2.13. The van der Waals surface area contributed by atoms with Crippen LogP contribution in [0.1, 0.15) is 10.4 Å². The monoisotopic (exact) mass is 409 g/mol. The minimum atomic E-state index is -0.308. The van der Waals surface area contributed by atoms with Crippen LogP contribution in [0.2, 0.25) is 5.02 Å². The van der Waals surface area contributed by atoms with Crippen molar-refractivity contribution in [3.8, 4) is 17.2 Å². The molecule has 4 rings (SSSR count). The third-order valence-corrected chi connectivity index (χ3v) is 4.60. The van der Waals surface area contributed by atoms with Crippen LogP contribution in [0.15, 0.2) is 54.7 Å². The van der Waals surface area contributed by atoms with Crippen LogP contribution in [0.25, 0.3) is 16.9 Å². The molecule has 0 radical (unpaired) electrons. The minimum absolute atomic E-state index is 0.308. The van der Waals surface area contributed by atoms with Crippen LogP contribution in [-0.2, 0) is 0 Å². The highest BCUT2D eigenvalue weighted by atomic mass is 35.5. The molecule has 0 saturated heterocycles. The third-order valence-electron chi connectivity index (χ3n) is 4.30. The van der Waals surface area contributed by atoms with Crippen LogP contribution >= 0.6 is 11.6 Å². The quantitative estimate of drug-likeness (QED) is 0.540. The molecule has 2 heterocycles. The Hall–Kier alpha value is -3.65. The predicted octanol–water partition coefficient (Wildman–Crippen LogP) is 3.74. The fraction of sp³-hybridized carbons (Fsp3) is 0.100. The summed E-state index contributed by atoms with van der Waals surface area (Å²) in [7, 11) is 3.01. The number of ether oxygens (including phenoxy) is 2. The summed E-state index contributed by atoms with van der Waals surface area (Å²) in [5, 5.41) is 11.4. The van der Waals surface area contributed by atoms with Gasteiger partial charge in [-0.2, -0.15) is 4.68 Å². The molecule has 29 heavy (non-hydrogen) atoms. The van der Waals surface area contributed by atoms with Gasteiger partial charge in [0.05, 0.1) is 30.6 Å². The molecule has 2 aromatic heterocycles. The molecule has 0 aliphatic rings. The molecule has 146 valence electrons. The number of methoxy groups -OCH3 is 2. The van der Waals surface area contributed by atoms with E-state index >= 15 is 0 Å². The first-order valence-electron chi connectivity index (χ1n) is 8.60. The van der Waals surface area contributed by atoms with Crippen molar-refractivity contribution < 1.29 is 14.3 Å². The molecular weight excluding hydrogens is 394 g/mol. The molecule has 0 spiro atoms. The number of nitrogens with zero attached hydrogens (tertiary/aromatic N) is 4. The normalized spacial score (nSPS) is 10.7. The number of rotatable bonds is 5. The predicted molar refractivity (Wildman–Crippen MR) is 109 cm³/mol. The summed E-state index contributed by atoms with van der Waals surface area (Å²) in [5.74, 6) is 0.591. The fourth-order valence-electron chi connectivity index (χ4n) is 2.85. The smallest absolute Gasteiger partial charge is 0.255 e. The second-order valence-electron chi connectivity index (χ2n) is 6.04. The Bertz CT molecular complexity index is 1190. The van der Waals surface area contributed by atoms with Gasteiger partial charge in [0.1, 0.15) is 17.0 Å². The van der Waals surface area contributed by atoms with E-state index in [0.717, 1.165) is 5.69 Å². The van der Waals surface area contributed by atoms with Crippen molar-refractivity contribution in [2.45, 2.75) is 0 Å². The maximum Gasteiger partial charge on any atom is 0.255 e. The van der Waals surface area contributed by atoms with Crippen molar-refractivity contribution in [2.75, 3.05) is 19.5 Å². The summed E-state index contributed by atoms with van der Waals surface area (Å²) in [6.07, 6.45) is 1.68. The molecule has 1 N–H and O–H groups in total. The number of aromatic nitrogens is 4. The number of fused-ring (bicyclic) bond motifs is 1. The molecule has 0 aliphatic heterocycles. The van der Waals surface area contributed by atoms with E-state index in [1.54, 1.807) is 53.3 Å². The standard InChI is InChI=1S/C20H16ClN5O3/c1-28-17-11-18(29-2)16(10-14(17)21)23-20(27)12-5-7-13(8-6-12)26-19-15(24-25-26)4-3-9-22-19/h3-11H,1-2H3,(H,23,27). The molecule has 8 nitrogen and oxygen atoms in total. The number of amides is 1. The van der Waals surface area contributed by atoms with Crippen LogP contribution in [0.4, 0.5) is 5.69 Å². The summed E-state index contributed by atoms with van der Waals surface area (Å²) >= 11 is 6.16. The van der Waals surface area contributed by atoms with E-state index in [-0.39, 0.29) is 5.91 Å². The highest BCUT2D eigenvalue weighted by Gasteiger charge is 2.14. The topological polar surface area (TPSA) is 91.2 Å². The second kappa shape index (κ2) is 7.76. The average molecular weight is 410 g/mol. The van der Waals surface area contributed by atoms with Gasteiger partial charge in [-0.25, -0.2) is 4.98 Å². The summed E-state index contributed by atoms with van der Waals surface area (Å²) in [6.45, 7) is 0. The van der Waals surface area contributed by atoms with Crippen molar-refractivity contribution in [1.29, 1.82) is 0 Å². The number of carbonyl (C=O) groups is 1. The van der Waals surface area contributed by atoms with E-state index < -0.39 is 0 Å².